The van der Waals surface area contributed by atoms with Crippen LogP contribution in [0.3, 0.4) is 0 Å². The van der Waals surface area contributed by atoms with Gasteiger partial charge in [-0.1, -0.05) is 13.8 Å². The van der Waals surface area contributed by atoms with Crippen molar-refractivity contribution in [2.75, 3.05) is 20.3 Å². The van der Waals surface area contributed by atoms with E-state index in [0.717, 1.165) is 11.8 Å². The quantitative estimate of drug-likeness (QED) is 0.728. The van der Waals surface area contributed by atoms with Gasteiger partial charge in [-0.25, -0.2) is 0 Å². The second kappa shape index (κ2) is 6.46. The van der Waals surface area contributed by atoms with Gasteiger partial charge >= 0.3 is 0 Å². The van der Waals surface area contributed by atoms with Gasteiger partial charge in [0.2, 0.25) is 0 Å². The summed E-state index contributed by atoms with van der Waals surface area (Å²) >= 11 is 0. The average molecular weight is 215 g/mol. The van der Waals surface area contributed by atoms with E-state index in [1.54, 1.807) is 7.11 Å². The van der Waals surface area contributed by atoms with Crippen LogP contribution in [0, 0.1) is 11.8 Å². The van der Waals surface area contributed by atoms with Gasteiger partial charge in [0.25, 0.3) is 0 Å². The topological polar surface area (TPSA) is 41.5 Å². The Kier molecular flexibility index (Phi) is 5.58. The highest BCUT2D eigenvalue weighted by Crippen LogP contribution is 2.28. The lowest BCUT2D eigenvalue weighted by Gasteiger charge is -2.34. The zero-order valence-corrected chi connectivity index (χ0v) is 10.2. The smallest absolute Gasteiger partial charge is 0.0638 e. The molecule has 0 aliphatic heterocycles. The Balaban J connectivity index is 2.35. The van der Waals surface area contributed by atoms with E-state index >= 15 is 0 Å². The summed E-state index contributed by atoms with van der Waals surface area (Å²) in [7, 11) is 1.68. The van der Waals surface area contributed by atoms with Crippen molar-refractivity contribution >= 4 is 0 Å². The fraction of sp³-hybridized carbons (Fsp3) is 1.00. The van der Waals surface area contributed by atoms with Crippen molar-refractivity contribution in [3.63, 3.8) is 0 Å². The Morgan fingerprint density at radius 1 is 1.27 bits per heavy atom. The SMILES string of the molecule is COCC(CO)NC1CC(C)CC(C)C1. The highest BCUT2D eigenvalue weighted by atomic mass is 16.5. The Labute approximate surface area is 93.2 Å². The zero-order valence-electron chi connectivity index (χ0n) is 10.2. The number of hydrogen-bond acceptors (Lipinski definition) is 3. The van der Waals surface area contributed by atoms with E-state index in [4.69, 9.17) is 4.74 Å². The molecule has 0 amide bonds. The minimum absolute atomic E-state index is 0.0949. The third-order valence-corrected chi connectivity index (χ3v) is 3.24. The van der Waals surface area contributed by atoms with E-state index in [1.807, 2.05) is 0 Å². The molecule has 2 N–H and O–H groups in total. The molecule has 1 fully saturated rings. The fourth-order valence-electron chi connectivity index (χ4n) is 2.77. The van der Waals surface area contributed by atoms with Gasteiger partial charge in [0, 0.05) is 13.2 Å². The maximum Gasteiger partial charge on any atom is 0.0638 e. The number of methoxy groups -OCH3 is 1. The van der Waals surface area contributed by atoms with Crippen LogP contribution in [0.1, 0.15) is 33.1 Å². The van der Waals surface area contributed by atoms with Gasteiger partial charge in [0.1, 0.15) is 0 Å². The summed E-state index contributed by atoms with van der Waals surface area (Å²) in [5.74, 6) is 1.60. The maximum absolute atomic E-state index is 9.18. The molecule has 1 aliphatic carbocycles. The van der Waals surface area contributed by atoms with Crippen molar-refractivity contribution in [3.8, 4) is 0 Å². The maximum atomic E-state index is 9.18. The molecule has 1 saturated carbocycles. The summed E-state index contributed by atoms with van der Waals surface area (Å²) in [6, 6.07) is 0.647. The monoisotopic (exact) mass is 215 g/mol. The fourth-order valence-corrected chi connectivity index (χ4v) is 2.77. The summed E-state index contributed by atoms with van der Waals surface area (Å²) < 4.78 is 5.07. The first-order valence-corrected chi connectivity index (χ1v) is 6.01. The predicted molar refractivity (Wildman–Crippen MR) is 61.9 cm³/mol. The average Bonchev–Trinajstić information content (AvgIpc) is 2.15. The number of ether oxygens (including phenoxy) is 1. The molecule has 90 valence electrons. The summed E-state index contributed by atoms with van der Waals surface area (Å²) in [5.41, 5.74) is 0. The van der Waals surface area contributed by atoms with Crippen molar-refractivity contribution in [1.29, 1.82) is 0 Å². The molecule has 3 unspecified atom stereocenters. The van der Waals surface area contributed by atoms with E-state index in [2.05, 4.69) is 19.2 Å². The summed E-state index contributed by atoms with van der Waals surface area (Å²) in [6.45, 7) is 5.38. The normalized spacial score (nSPS) is 34.0. The standard InChI is InChI=1S/C12H25NO2/c1-9-4-10(2)6-11(5-9)13-12(7-14)8-15-3/h9-14H,4-8H2,1-3H3. The second-order valence-electron chi connectivity index (χ2n) is 5.12. The molecule has 0 aromatic rings. The molecule has 0 saturated heterocycles. The minimum atomic E-state index is 0.0949. The summed E-state index contributed by atoms with van der Waals surface area (Å²) in [4.78, 5) is 0. The van der Waals surface area contributed by atoms with Gasteiger partial charge in [-0.2, -0.15) is 0 Å². The van der Waals surface area contributed by atoms with Gasteiger partial charge in [-0.05, 0) is 31.1 Å². The van der Waals surface area contributed by atoms with Crippen molar-refractivity contribution in [3.05, 3.63) is 0 Å². The highest BCUT2D eigenvalue weighted by molar-refractivity contribution is 4.82. The molecule has 0 heterocycles. The molecule has 1 aliphatic rings. The Morgan fingerprint density at radius 2 is 1.87 bits per heavy atom. The molecular weight excluding hydrogens is 190 g/mol. The van der Waals surface area contributed by atoms with E-state index in [0.29, 0.717) is 12.6 Å². The molecule has 15 heavy (non-hydrogen) atoms. The van der Waals surface area contributed by atoms with Crippen molar-refractivity contribution < 1.29 is 9.84 Å². The molecule has 0 aromatic carbocycles. The van der Waals surface area contributed by atoms with Gasteiger partial charge in [0.15, 0.2) is 0 Å². The lowest BCUT2D eigenvalue weighted by atomic mass is 9.80. The lowest BCUT2D eigenvalue weighted by Crippen LogP contribution is -2.46. The number of hydrogen-bond donors (Lipinski definition) is 2. The molecule has 1 rings (SSSR count). The van der Waals surface area contributed by atoms with Crippen LogP contribution in [-0.2, 0) is 4.74 Å². The van der Waals surface area contributed by atoms with E-state index in [9.17, 15) is 5.11 Å². The third-order valence-electron chi connectivity index (χ3n) is 3.24. The number of nitrogens with one attached hydrogen (secondary N) is 1. The van der Waals surface area contributed by atoms with Crippen LogP contribution in [0.25, 0.3) is 0 Å². The summed E-state index contributed by atoms with van der Waals surface area (Å²) in [6.07, 6.45) is 3.79. The van der Waals surface area contributed by atoms with Crippen LogP contribution in [0.2, 0.25) is 0 Å². The van der Waals surface area contributed by atoms with Crippen molar-refractivity contribution in [1.82, 2.24) is 5.32 Å². The largest absolute Gasteiger partial charge is 0.395 e. The predicted octanol–water partition coefficient (Wildman–Crippen LogP) is 1.41. The van der Waals surface area contributed by atoms with Crippen LogP contribution in [0.15, 0.2) is 0 Å². The zero-order chi connectivity index (χ0) is 11.3. The first-order valence-electron chi connectivity index (χ1n) is 6.01. The van der Waals surface area contributed by atoms with Crippen LogP contribution in [0.4, 0.5) is 0 Å². The number of aliphatic hydroxyl groups excluding tert-OH is 1. The summed E-state index contributed by atoms with van der Waals surface area (Å²) in [5, 5.41) is 12.7. The Hall–Kier alpha value is -0.120. The Morgan fingerprint density at radius 3 is 2.33 bits per heavy atom. The Bertz CT molecular complexity index is 165. The molecule has 0 bridgehead atoms. The molecule has 3 atom stereocenters. The highest BCUT2D eigenvalue weighted by Gasteiger charge is 2.25. The van der Waals surface area contributed by atoms with Crippen LogP contribution >= 0.6 is 0 Å². The second-order valence-corrected chi connectivity index (χ2v) is 5.12. The van der Waals surface area contributed by atoms with Crippen LogP contribution < -0.4 is 5.32 Å². The first kappa shape index (κ1) is 12.9. The van der Waals surface area contributed by atoms with Gasteiger partial charge in [-0.3, -0.25) is 0 Å². The molecular formula is C12H25NO2. The first-order chi connectivity index (χ1) is 7.15. The molecule has 0 spiro atoms. The number of aliphatic hydroxyl groups is 1. The molecule has 3 heteroatoms. The van der Waals surface area contributed by atoms with Crippen molar-refractivity contribution in [2.24, 2.45) is 11.8 Å². The lowest BCUT2D eigenvalue weighted by molar-refractivity contribution is 0.110. The van der Waals surface area contributed by atoms with Crippen LogP contribution in [-0.4, -0.2) is 37.5 Å². The van der Waals surface area contributed by atoms with E-state index in [-0.39, 0.29) is 12.6 Å². The minimum Gasteiger partial charge on any atom is -0.395 e. The molecule has 3 nitrogen and oxygen atoms in total. The van der Waals surface area contributed by atoms with E-state index in [1.165, 1.54) is 19.3 Å². The van der Waals surface area contributed by atoms with Gasteiger partial charge in [-0.15, -0.1) is 0 Å². The third kappa shape index (κ3) is 4.49. The van der Waals surface area contributed by atoms with Crippen molar-refractivity contribution in [2.45, 2.75) is 45.2 Å². The van der Waals surface area contributed by atoms with Gasteiger partial charge in [0.05, 0.1) is 19.3 Å². The van der Waals surface area contributed by atoms with Gasteiger partial charge < -0.3 is 15.2 Å². The van der Waals surface area contributed by atoms with Crippen LogP contribution in [0.5, 0.6) is 0 Å². The van der Waals surface area contributed by atoms with E-state index < -0.39 is 0 Å². The number of rotatable bonds is 5. The molecule has 0 aromatic heterocycles. The molecule has 0 radical (unpaired) electrons.